The normalized spacial score (nSPS) is 12.1. The molecule has 0 radical (unpaired) electrons. The summed E-state index contributed by atoms with van der Waals surface area (Å²) in [6.07, 6.45) is 0. The SMILES string of the molecule is Cc1ccccc1OCC(C)NC(=O)CN(c1ccc(Br)cc1)S(=O)(=O)c1ccccc1. The Labute approximate surface area is 197 Å². The van der Waals surface area contributed by atoms with E-state index in [-0.39, 0.29) is 24.1 Å². The molecule has 0 aliphatic carbocycles. The number of para-hydroxylation sites is 1. The maximum absolute atomic E-state index is 13.3. The van der Waals surface area contributed by atoms with Crippen LogP contribution >= 0.6 is 15.9 Å². The largest absolute Gasteiger partial charge is 0.491 e. The second kappa shape index (κ2) is 10.7. The van der Waals surface area contributed by atoms with E-state index in [4.69, 9.17) is 4.74 Å². The predicted molar refractivity (Wildman–Crippen MR) is 129 cm³/mol. The molecule has 8 heteroatoms. The van der Waals surface area contributed by atoms with Crippen molar-refractivity contribution in [2.45, 2.75) is 24.8 Å². The third-order valence-electron chi connectivity index (χ3n) is 4.72. The number of carbonyl (C=O) groups is 1. The lowest BCUT2D eigenvalue weighted by Crippen LogP contribution is -2.45. The van der Waals surface area contributed by atoms with Gasteiger partial charge in [-0.15, -0.1) is 0 Å². The van der Waals surface area contributed by atoms with E-state index in [9.17, 15) is 13.2 Å². The van der Waals surface area contributed by atoms with Crippen LogP contribution in [0.4, 0.5) is 5.69 Å². The van der Waals surface area contributed by atoms with Crippen molar-refractivity contribution in [3.63, 3.8) is 0 Å². The summed E-state index contributed by atoms with van der Waals surface area (Å²) in [5, 5.41) is 2.83. The van der Waals surface area contributed by atoms with Gasteiger partial charge in [-0.2, -0.15) is 0 Å². The quantitative estimate of drug-likeness (QED) is 0.453. The zero-order chi connectivity index (χ0) is 23.1. The maximum atomic E-state index is 13.3. The van der Waals surface area contributed by atoms with E-state index in [2.05, 4.69) is 21.2 Å². The summed E-state index contributed by atoms with van der Waals surface area (Å²) in [4.78, 5) is 12.9. The fourth-order valence-electron chi connectivity index (χ4n) is 3.07. The first-order valence-electron chi connectivity index (χ1n) is 10.1. The van der Waals surface area contributed by atoms with Crippen molar-refractivity contribution < 1.29 is 17.9 Å². The average molecular weight is 517 g/mol. The molecule has 0 saturated carbocycles. The summed E-state index contributed by atoms with van der Waals surface area (Å²) >= 11 is 3.35. The van der Waals surface area contributed by atoms with Gasteiger partial charge in [-0.1, -0.05) is 52.3 Å². The van der Waals surface area contributed by atoms with Crippen molar-refractivity contribution in [2.24, 2.45) is 0 Å². The Morgan fingerprint density at radius 1 is 1.00 bits per heavy atom. The van der Waals surface area contributed by atoms with Crippen LogP contribution < -0.4 is 14.4 Å². The zero-order valence-electron chi connectivity index (χ0n) is 17.9. The lowest BCUT2D eigenvalue weighted by molar-refractivity contribution is -0.120. The Balaban J connectivity index is 1.73. The van der Waals surface area contributed by atoms with Gasteiger partial charge in [-0.05, 0) is 61.9 Å². The van der Waals surface area contributed by atoms with Gasteiger partial charge in [0.2, 0.25) is 5.91 Å². The Morgan fingerprint density at radius 3 is 2.28 bits per heavy atom. The monoisotopic (exact) mass is 516 g/mol. The lowest BCUT2D eigenvalue weighted by atomic mass is 10.2. The summed E-state index contributed by atoms with van der Waals surface area (Å²) in [7, 11) is -3.93. The van der Waals surface area contributed by atoms with E-state index in [0.29, 0.717) is 5.69 Å². The van der Waals surface area contributed by atoms with Crippen molar-refractivity contribution in [3.8, 4) is 5.75 Å². The summed E-state index contributed by atoms with van der Waals surface area (Å²) in [5.41, 5.74) is 1.40. The molecule has 0 aliphatic heterocycles. The first kappa shape index (κ1) is 23.8. The standard InChI is InChI=1S/C24H25BrN2O4S/c1-18-8-6-7-11-23(18)31-17-19(2)26-24(28)16-27(21-14-12-20(25)13-15-21)32(29,30)22-9-4-3-5-10-22/h3-15,19H,16-17H2,1-2H3,(H,26,28). The van der Waals surface area contributed by atoms with E-state index >= 15 is 0 Å². The summed E-state index contributed by atoms with van der Waals surface area (Å²) < 4.78 is 34.3. The number of sulfonamides is 1. The van der Waals surface area contributed by atoms with Crippen LogP contribution in [0.1, 0.15) is 12.5 Å². The number of hydrogen-bond donors (Lipinski definition) is 1. The van der Waals surface area contributed by atoms with E-state index in [1.54, 1.807) is 42.5 Å². The smallest absolute Gasteiger partial charge is 0.264 e. The number of anilines is 1. The summed E-state index contributed by atoms with van der Waals surface area (Å²) in [6.45, 7) is 3.67. The molecule has 3 aromatic carbocycles. The molecule has 1 unspecified atom stereocenters. The molecular weight excluding hydrogens is 492 g/mol. The number of ether oxygens (including phenoxy) is 1. The van der Waals surface area contributed by atoms with Crippen molar-refractivity contribution >= 4 is 37.5 Å². The molecule has 0 bridgehead atoms. The van der Waals surface area contributed by atoms with Crippen molar-refractivity contribution in [2.75, 3.05) is 17.5 Å². The lowest BCUT2D eigenvalue weighted by Gasteiger charge is -2.25. The number of amides is 1. The van der Waals surface area contributed by atoms with Crippen LogP contribution in [0.15, 0.2) is 88.2 Å². The summed E-state index contributed by atoms with van der Waals surface area (Å²) in [6, 6.07) is 22.2. The third kappa shape index (κ3) is 6.11. The van der Waals surface area contributed by atoms with Crippen LogP contribution in [0, 0.1) is 6.92 Å². The van der Waals surface area contributed by atoms with E-state index < -0.39 is 15.9 Å². The number of benzene rings is 3. The van der Waals surface area contributed by atoms with Crippen molar-refractivity contribution in [1.82, 2.24) is 5.32 Å². The highest BCUT2D eigenvalue weighted by Crippen LogP contribution is 2.25. The van der Waals surface area contributed by atoms with Gasteiger partial charge < -0.3 is 10.1 Å². The highest BCUT2D eigenvalue weighted by atomic mass is 79.9. The number of carbonyl (C=O) groups excluding carboxylic acids is 1. The molecule has 3 aromatic rings. The first-order chi connectivity index (χ1) is 15.3. The molecule has 1 N–H and O–H groups in total. The molecule has 3 rings (SSSR count). The topological polar surface area (TPSA) is 75.7 Å². The fraction of sp³-hybridized carbons (Fsp3) is 0.208. The number of nitrogens with one attached hydrogen (secondary N) is 1. The van der Waals surface area contributed by atoms with E-state index in [1.165, 1.54) is 12.1 Å². The third-order valence-corrected chi connectivity index (χ3v) is 7.04. The second-order valence-electron chi connectivity index (χ2n) is 7.35. The molecule has 0 heterocycles. The Morgan fingerprint density at radius 2 is 1.62 bits per heavy atom. The zero-order valence-corrected chi connectivity index (χ0v) is 20.3. The highest BCUT2D eigenvalue weighted by Gasteiger charge is 2.27. The molecule has 0 aromatic heterocycles. The molecule has 0 spiro atoms. The van der Waals surface area contributed by atoms with Crippen LogP contribution in [0.25, 0.3) is 0 Å². The highest BCUT2D eigenvalue weighted by molar-refractivity contribution is 9.10. The Bertz CT molecular complexity index is 1150. The summed E-state index contributed by atoms with van der Waals surface area (Å²) in [5.74, 6) is 0.324. The number of aryl methyl sites for hydroxylation is 1. The van der Waals surface area contributed by atoms with Gasteiger partial charge in [0, 0.05) is 4.47 Å². The molecule has 6 nitrogen and oxygen atoms in total. The van der Waals surface area contributed by atoms with Gasteiger partial charge in [0.15, 0.2) is 0 Å². The number of rotatable bonds is 9. The van der Waals surface area contributed by atoms with Gasteiger partial charge in [0.05, 0.1) is 16.6 Å². The molecule has 168 valence electrons. The number of halogens is 1. The Kier molecular flexibility index (Phi) is 7.93. The predicted octanol–water partition coefficient (Wildman–Crippen LogP) is 4.54. The van der Waals surface area contributed by atoms with Crippen LogP contribution in [0.3, 0.4) is 0 Å². The fourth-order valence-corrected chi connectivity index (χ4v) is 4.77. The van der Waals surface area contributed by atoms with Gasteiger partial charge >= 0.3 is 0 Å². The minimum absolute atomic E-state index is 0.117. The Hall–Kier alpha value is -2.84. The first-order valence-corrected chi connectivity index (χ1v) is 12.3. The van der Waals surface area contributed by atoms with E-state index in [1.807, 2.05) is 38.1 Å². The van der Waals surface area contributed by atoms with Crippen molar-refractivity contribution in [3.05, 3.63) is 88.9 Å². The van der Waals surface area contributed by atoms with Gasteiger partial charge in [0.25, 0.3) is 10.0 Å². The van der Waals surface area contributed by atoms with Crippen LogP contribution in [-0.4, -0.2) is 33.5 Å². The molecule has 1 amide bonds. The number of nitrogens with zero attached hydrogens (tertiary/aromatic N) is 1. The second-order valence-corrected chi connectivity index (χ2v) is 10.1. The molecular formula is C24H25BrN2O4S. The van der Waals surface area contributed by atoms with Crippen LogP contribution in [0.5, 0.6) is 5.75 Å². The van der Waals surface area contributed by atoms with Gasteiger partial charge in [0.1, 0.15) is 18.9 Å². The average Bonchev–Trinajstić information content (AvgIpc) is 2.78. The van der Waals surface area contributed by atoms with Crippen molar-refractivity contribution in [1.29, 1.82) is 0 Å². The number of hydrogen-bond acceptors (Lipinski definition) is 4. The molecule has 32 heavy (non-hydrogen) atoms. The molecule has 0 aliphatic rings. The van der Waals surface area contributed by atoms with Crippen LogP contribution in [0.2, 0.25) is 0 Å². The van der Waals surface area contributed by atoms with Gasteiger partial charge in [-0.3, -0.25) is 9.10 Å². The van der Waals surface area contributed by atoms with E-state index in [0.717, 1.165) is 20.1 Å². The molecule has 0 fully saturated rings. The molecule has 0 saturated heterocycles. The van der Waals surface area contributed by atoms with Crippen LogP contribution in [-0.2, 0) is 14.8 Å². The maximum Gasteiger partial charge on any atom is 0.264 e. The molecule has 1 atom stereocenters. The minimum atomic E-state index is -3.93. The van der Waals surface area contributed by atoms with Gasteiger partial charge in [-0.25, -0.2) is 8.42 Å². The minimum Gasteiger partial charge on any atom is -0.491 e.